The van der Waals surface area contributed by atoms with Gasteiger partial charge in [-0.05, 0) is 44.9 Å². The highest BCUT2D eigenvalue weighted by molar-refractivity contribution is 5.80. The van der Waals surface area contributed by atoms with Crippen LogP contribution >= 0.6 is 0 Å². The van der Waals surface area contributed by atoms with Crippen LogP contribution in [-0.4, -0.2) is 51.8 Å². The van der Waals surface area contributed by atoms with E-state index in [4.69, 9.17) is 4.99 Å². The predicted molar refractivity (Wildman–Crippen MR) is 102 cm³/mol. The molecule has 0 spiro atoms. The van der Waals surface area contributed by atoms with E-state index in [1.807, 2.05) is 0 Å². The Morgan fingerprint density at radius 1 is 1.16 bits per heavy atom. The van der Waals surface area contributed by atoms with Gasteiger partial charge in [0.2, 0.25) is 0 Å². The van der Waals surface area contributed by atoms with Gasteiger partial charge in [0, 0.05) is 45.6 Å². The molecular weight excluding hydrogens is 312 g/mol. The summed E-state index contributed by atoms with van der Waals surface area (Å²) in [6, 6.07) is 0. The van der Waals surface area contributed by atoms with Crippen LogP contribution in [0, 0.1) is 5.92 Å². The van der Waals surface area contributed by atoms with Gasteiger partial charge in [-0.1, -0.05) is 13.3 Å². The van der Waals surface area contributed by atoms with Gasteiger partial charge in [-0.25, -0.2) is 0 Å². The van der Waals surface area contributed by atoms with Gasteiger partial charge >= 0.3 is 0 Å². The van der Waals surface area contributed by atoms with E-state index in [9.17, 15) is 0 Å². The van der Waals surface area contributed by atoms with Gasteiger partial charge in [0.25, 0.3) is 0 Å². The highest BCUT2D eigenvalue weighted by Gasteiger charge is 2.18. The molecule has 0 aliphatic carbocycles. The second-order valence-electron chi connectivity index (χ2n) is 7.50. The van der Waals surface area contributed by atoms with E-state index in [1.165, 1.54) is 37.9 Å². The number of aryl methyl sites for hydroxylation is 2. The van der Waals surface area contributed by atoms with Gasteiger partial charge in [-0.3, -0.25) is 4.99 Å². The second kappa shape index (κ2) is 9.20. The first-order chi connectivity index (χ1) is 12.3. The molecule has 1 aromatic rings. The molecule has 3 heterocycles. The lowest BCUT2D eigenvalue weighted by Crippen LogP contribution is -2.45. The molecule has 0 unspecified atom stereocenters. The molecule has 0 saturated carbocycles. The lowest BCUT2D eigenvalue weighted by Gasteiger charge is -2.33. The number of hydrogen-bond acceptors (Lipinski definition) is 3. The Morgan fingerprint density at radius 2 is 2.00 bits per heavy atom. The molecule has 0 aromatic carbocycles. The highest BCUT2D eigenvalue weighted by atomic mass is 15.3. The summed E-state index contributed by atoms with van der Waals surface area (Å²) in [5.74, 6) is 4.28. The number of hydrogen-bond donors (Lipinski definition) is 1. The number of aromatic nitrogens is 3. The molecule has 2 aliphatic heterocycles. The molecule has 2 aliphatic rings. The SMILES string of the molecule is CCNC(=NCCCc1nnc2n1CCCCC2)N1CCC(C)CC1. The van der Waals surface area contributed by atoms with E-state index in [0.29, 0.717) is 0 Å². The Kier molecular flexibility index (Phi) is 6.70. The molecule has 1 fully saturated rings. The first kappa shape index (κ1) is 18.2. The van der Waals surface area contributed by atoms with Gasteiger partial charge in [0.15, 0.2) is 5.96 Å². The third-order valence-corrected chi connectivity index (χ3v) is 5.42. The monoisotopic (exact) mass is 346 g/mol. The van der Waals surface area contributed by atoms with Crippen molar-refractivity contribution in [1.82, 2.24) is 25.0 Å². The van der Waals surface area contributed by atoms with Crippen LogP contribution < -0.4 is 5.32 Å². The van der Waals surface area contributed by atoms with Crippen LogP contribution in [0.25, 0.3) is 0 Å². The van der Waals surface area contributed by atoms with Crippen molar-refractivity contribution >= 4 is 5.96 Å². The van der Waals surface area contributed by atoms with Crippen LogP contribution in [0.2, 0.25) is 0 Å². The molecular formula is C19H34N6. The van der Waals surface area contributed by atoms with Crippen molar-refractivity contribution in [2.45, 2.75) is 71.8 Å². The largest absolute Gasteiger partial charge is 0.357 e. The summed E-state index contributed by atoms with van der Waals surface area (Å²) < 4.78 is 2.36. The van der Waals surface area contributed by atoms with Crippen LogP contribution in [0.4, 0.5) is 0 Å². The molecule has 3 rings (SSSR count). The number of piperidine rings is 1. The summed E-state index contributed by atoms with van der Waals surface area (Å²) in [4.78, 5) is 7.29. The number of rotatable bonds is 5. The molecule has 25 heavy (non-hydrogen) atoms. The van der Waals surface area contributed by atoms with Crippen molar-refractivity contribution in [3.8, 4) is 0 Å². The molecule has 1 N–H and O–H groups in total. The molecule has 140 valence electrons. The molecule has 0 atom stereocenters. The van der Waals surface area contributed by atoms with Crippen molar-refractivity contribution in [3.63, 3.8) is 0 Å². The quantitative estimate of drug-likeness (QED) is 0.506. The zero-order valence-corrected chi connectivity index (χ0v) is 16.0. The Hall–Kier alpha value is -1.59. The van der Waals surface area contributed by atoms with Crippen molar-refractivity contribution < 1.29 is 0 Å². The minimum Gasteiger partial charge on any atom is -0.357 e. The summed E-state index contributed by atoms with van der Waals surface area (Å²) >= 11 is 0. The fraction of sp³-hybridized carbons (Fsp3) is 0.842. The third-order valence-electron chi connectivity index (χ3n) is 5.42. The topological polar surface area (TPSA) is 58.3 Å². The summed E-state index contributed by atoms with van der Waals surface area (Å²) in [6.07, 6.45) is 9.48. The van der Waals surface area contributed by atoms with E-state index >= 15 is 0 Å². The zero-order valence-electron chi connectivity index (χ0n) is 16.0. The van der Waals surface area contributed by atoms with Gasteiger partial charge in [-0.2, -0.15) is 0 Å². The minimum absolute atomic E-state index is 0.849. The first-order valence-corrected chi connectivity index (χ1v) is 10.2. The van der Waals surface area contributed by atoms with E-state index in [1.54, 1.807) is 0 Å². The summed E-state index contributed by atoms with van der Waals surface area (Å²) in [5.41, 5.74) is 0. The predicted octanol–water partition coefficient (Wildman–Crippen LogP) is 2.63. The van der Waals surface area contributed by atoms with Crippen LogP contribution in [0.3, 0.4) is 0 Å². The highest BCUT2D eigenvalue weighted by Crippen LogP contribution is 2.17. The zero-order chi connectivity index (χ0) is 17.5. The number of likely N-dealkylation sites (tertiary alicyclic amines) is 1. The number of fused-ring (bicyclic) bond motifs is 1. The Balaban J connectivity index is 1.51. The molecule has 0 bridgehead atoms. The standard InChI is InChI=1S/C19H34N6/c1-3-20-19(24-14-10-16(2)11-15-24)21-12-7-9-18-23-22-17-8-5-4-6-13-25(17)18/h16H,3-15H2,1-2H3,(H,20,21). The Bertz CT molecular complexity index is 556. The van der Waals surface area contributed by atoms with Crippen LogP contribution in [0.1, 0.15) is 64.0 Å². The van der Waals surface area contributed by atoms with Gasteiger partial charge in [0.1, 0.15) is 11.6 Å². The van der Waals surface area contributed by atoms with E-state index in [0.717, 1.165) is 69.7 Å². The van der Waals surface area contributed by atoms with Gasteiger partial charge in [-0.15, -0.1) is 10.2 Å². The fourth-order valence-electron chi connectivity index (χ4n) is 3.80. The second-order valence-corrected chi connectivity index (χ2v) is 7.50. The maximum Gasteiger partial charge on any atom is 0.193 e. The summed E-state index contributed by atoms with van der Waals surface area (Å²) in [5, 5.41) is 12.3. The van der Waals surface area contributed by atoms with Crippen LogP contribution in [-0.2, 0) is 19.4 Å². The number of aliphatic imine (C=N–C) groups is 1. The van der Waals surface area contributed by atoms with Crippen molar-refractivity contribution in [2.75, 3.05) is 26.2 Å². The fourth-order valence-corrected chi connectivity index (χ4v) is 3.80. The smallest absolute Gasteiger partial charge is 0.193 e. The molecule has 1 saturated heterocycles. The van der Waals surface area contributed by atoms with Gasteiger partial charge < -0.3 is 14.8 Å². The summed E-state index contributed by atoms with van der Waals surface area (Å²) in [6.45, 7) is 9.64. The normalized spacial score (nSPS) is 19.6. The van der Waals surface area contributed by atoms with Gasteiger partial charge in [0.05, 0.1) is 0 Å². The average Bonchev–Trinajstić information content (AvgIpc) is 2.85. The number of guanidine groups is 1. The van der Waals surface area contributed by atoms with Crippen molar-refractivity contribution in [1.29, 1.82) is 0 Å². The average molecular weight is 347 g/mol. The molecule has 6 heteroatoms. The molecule has 0 amide bonds. The molecule has 0 radical (unpaired) electrons. The number of nitrogens with one attached hydrogen (secondary N) is 1. The Morgan fingerprint density at radius 3 is 2.80 bits per heavy atom. The van der Waals surface area contributed by atoms with Crippen LogP contribution in [0.15, 0.2) is 4.99 Å². The summed E-state index contributed by atoms with van der Waals surface area (Å²) in [7, 11) is 0. The lowest BCUT2D eigenvalue weighted by molar-refractivity contribution is 0.273. The van der Waals surface area contributed by atoms with E-state index in [2.05, 4.69) is 38.8 Å². The minimum atomic E-state index is 0.849. The Labute approximate surface area is 152 Å². The van der Waals surface area contributed by atoms with Crippen molar-refractivity contribution in [3.05, 3.63) is 11.6 Å². The molecule has 1 aromatic heterocycles. The van der Waals surface area contributed by atoms with Crippen molar-refractivity contribution in [2.24, 2.45) is 10.9 Å². The lowest BCUT2D eigenvalue weighted by atomic mass is 10.00. The number of nitrogens with zero attached hydrogens (tertiary/aromatic N) is 5. The van der Waals surface area contributed by atoms with E-state index in [-0.39, 0.29) is 0 Å². The maximum atomic E-state index is 4.87. The maximum absolute atomic E-state index is 4.87. The first-order valence-electron chi connectivity index (χ1n) is 10.2. The third kappa shape index (κ3) is 4.95. The van der Waals surface area contributed by atoms with E-state index < -0.39 is 0 Å². The molecule has 6 nitrogen and oxygen atoms in total. The van der Waals surface area contributed by atoms with Crippen LogP contribution in [0.5, 0.6) is 0 Å².